The SMILES string of the molecule is Cc1cc(-c2cc(=O)[nH]c(-c3cccc(CN4CC[C@H](O)C4)c3)n2)c(C)o1. The summed E-state index contributed by atoms with van der Waals surface area (Å²) >= 11 is 0. The van der Waals surface area contributed by atoms with Gasteiger partial charge in [-0.15, -0.1) is 0 Å². The van der Waals surface area contributed by atoms with E-state index in [0.717, 1.165) is 47.7 Å². The van der Waals surface area contributed by atoms with E-state index < -0.39 is 0 Å². The molecular formula is C21H23N3O3. The summed E-state index contributed by atoms with van der Waals surface area (Å²) in [5, 5.41) is 9.70. The Morgan fingerprint density at radius 3 is 2.85 bits per heavy atom. The molecule has 3 aromatic rings. The number of aromatic nitrogens is 2. The van der Waals surface area contributed by atoms with Gasteiger partial charge < -0.3 is 14.5 Å². The lowest BCUT2D eigenvalue weighted by Gasteiger charge is -2.15. The van der Waals surface area contributed by atoms with Crippen LogP contribution in [0.3, 0.4) is 0 Å². The summed E-state index contributed by atoms with van der Waals surface area (Å²) in [4.78, 5) is 21.9. The molecule has 0 bridgehead atoms. The first-order chi connectivity index (χ1) is 13.0. The van der Waals surface area contributed by atoms with Crippen LogP contribution in [0.4, 0.5) is 0 Å². The van der Waals surface area contributed by atoms with E-state index in [1.807, 2.05) is 38.1 Å². The molecule has 4 rings (SSSR count). The summed E-state index contributed by atoms with van der Waals surface area (Å²) in [5.41, 5.74) is 3.24. The number of β-amino-alcohol motifs (C(OH)–C–C–N with tert-alkyl or cyclic N) is 1. The first-order valence-corrected chi connectivity index (χ1v) is 9.16. The molecule has 0 saturated carbocycles. The molecule has 0 aliphatic carbocycles. The van der Waals surface area contributed by atoms with Gasteiger partial charge in [0.2, 0.25) is 0 Å². The van der Waals surface area contributed by atoms with Crippen molar-refractivity contribution in [2.75, 3.05) is 13.1 Å². The van der Waals surface area contributed by atoms with E-state index >= 15 is 0 Å². The lowest BCUT2D eigenvalue weighted by Crippen LogP contribution is -2.21. The van der Waals surface area contributed by atoms with E-state index in [0.29, 0.717) is 18.1 Å². The van der Waals surface area contributed by atoms with Gasteiger partial charge in [0.1, 0.15) is 17.3 Å². The fraction of sp³-hybridized carbons (Fsp3) is 0.333. The van der Waals surface area contributed by atoms with Crippen molar-refractivity contribution in [2.45, 2.75) is 32.9 Å². The number of aliphatic hydroxyl groups excluding tert-OH is 1. The number of aryl methyl sites for hydroxylation is 2. The molecule has 2 aromatic heterocycles. The Kier molecular flexibility index (Phi) is 4.68. The molecule has 1 fully saturated rings. The van der Waals surface area contributed by atoms with Gasteiger partial charge in [0.15, 0.2) is 0 Å². The van der Waals surface area contributed by atoms with E-state index in [1.165, 1.54) is 6.07 Å². The van der Waals surface area contributed by atoms with Crippen molar-refractivity contribution in [3.05, 3.63) is 63.8 Å². The Morgan fingerprint density at radius 1 is 1.30 bits per heavy atom. The van der Waals surface area contributed by atoms with Gasteiger partial charge >= 0.3 is 0 Å². The number of aliphatic hydroxyl groups is 1. The van der Waals surface area contributed by atoms with Crippen LogP contribution in [-0.4, -0.2) is 39.2 Å². The fourth-order valence-electron chi connectivity index (χ4n) is 3.65. The summed E-state index contributed by atoms with van der Waals surface area (Å²) in [5.74, 6) is 2.08. The second-order valence-corrected chi connectivity index (χ2v) is 7.18. The number of hydrogen-bond donors (Lipinski definition) is 2. The predicted octanol–water partition coefficient (Wildman–Crippen LogP) is 2.88. The molecule has 0 radical (unpaired) electrons. The highest BCUT2D eigenvalue weighted by molar-refractivity contribution is 5.65. The van der Waals surface area contributed by atoms with E-state index in [2.05, 4.69) is 20.9 Å². The van der Waals surface area contributed by atoms with Crippen LogP contribution >= 0.6 is 0 Å². The molecule has 27 heavy (non-hydrogen) atoms. The van der Waals surface area contributed by atoms with Gasteiger partial charge in [0.05, 0.1) is 11.8 Å². The normalized spacial score (nSPS) is 17.5. The number of nitrogens with zero attached hydrogens (tertiary/aromatic N) is 2. The van der Waals surface area contributed by atoms with Gasteiger partial charge in [0, 0.05) is 36.8 Å². The van der Waals surface area contributed by atoms with Crippen LogP contribution in [0.1, 0.15) is 23.5 Å². The Balaban J connectivity index is 1.66. The largest absolute Gasteiger partial charge is 0.466 e. The fourth-order valence-corrected chi connectivity index (χ4v) is 3.65. The summed E-state index contributed by atoms with van der Waals surface area (Å²) < 4.78 is 5.58. The minimum Gasteiger partial charge on any atom is -0.466 e. The number of rotatable bonds is 4. The topological polar surface area (TPSA) is 82.4 Å². The average Bonchev–Trinajstić information content (AvgIpc) is 3.19. The van der Waals surface area contributed by atoms with E-state index in [9.17, 15) is 9.90 Å². The molecule has 0 spiro atoms. The number of furan rings is 1. The van der Waals surface area contributed by atoms with Crippen molar-refractivity contribution in [1.82, 2.24) is 14.9 Å². The molecule has 0 amide bonds. The van der Waals surface area contributed by atoms with Crippen LogP contribution in [0.5, 0.6) is 0 Å². The number of H-pyrrole nitrogens is 1. The summed E-state index contributed by atoms with van der Waals surface area (Å²) in [7, 11) is 0. The second kappa shape index (κ2) is 7.13. The number of likely N-dealkylation sites (tertiary alicyclic amines) is 1. The second-order valence-electron chi connectivity index (χ2n) is 7.18. The number of benzene rings is 1. The van der Waals surface area contributed by atoms with Gasteiger partial charge in [0.25, 0.3) is 5.56 Å². The monoisotopic (exact) mass is 365 g/mol. The zero-order chi connectivity index (χ0) is 19.0. The number of nitrogens with one attached hydrogen (secondary N) is 1. The van der Waals surface area contributed by atoms with Gasteiger partial charge in [-0.1, -0.05) is 18.2 Å². The minimum atomic E-state index is -0.232. The van der Waals surface area contributed by atoms with Crippen LogP contribution in [0, 0.1) is 13.8 Å². The zero-order valence-electron chi connectivity index (χ0n) is 15.5. The molecule has 1 atom stereocenters. The Bertz CT molecular complexity index is 1020. The third kappa shape index (κ3) is 3.86. The summed E-state index contributed by atoms with van der Waals surface area (Å²) in [6, 6.07) is 11.4. The lowest BCUT2D eigenvalue weighted by molar-refractivity contribution is 0.175. The zero-order valence-corrected chi connectivity index (χ0v) is 15.5. The quantitative estimate of drug-likeness (QED) is 0.743. The molecule has 1 aromatic carbocycles. The van der Waals surface area contributed by atoms with Crippen LogP contribution in [0.25, 0.3) is 22.6 Å². The van der Waals surface area contributed by atoms with Crippen LogP contribution in [0.15, 0.2) is 45.6 Å². The summed E-state index contributed by atoms with van der Waals surface area (Å²) in [6.45, 7) is 6.12. The molecule has 1 aliphatic heterocycles. The first kappa shape index (κ1) is 17.7. The number of aromatic amines is 1. The van der Waals surface area contributed by atoms with Crippen LogP contribution in [0.2, 0.25) is 0 Å². The molecular weight excluding hydrogens is 342 g/mol. The molecule has 1 aliphatic rings. The minimum absolute atomic E-state index is 0.193. The predicted molar refractivity (Wildman–Crippen MR) is 103 cm³/mol. The third-order valence-electron chi connectivity index (χ3n) is 4.91. The smallest absolute Gasteiger partial charge is 0.251 e. The first-order valence-electron chi connectivity index (χ1n) is 9.16. The van der Waals surface area contributed by atoms with Crippen LogP contribution in [-0.2, 0) is 6.54 Å². The van der Waals surface area contributed by atoms with E-state index in [4.69, 9.17) is 4.42 Å². The molecule has 3 heterocycles. The van der Waals surface area contributed by atoms with Crippen molar-refractivity contribution in [3.63, 3.8) is 0 Å². The van der Waals surface area contributed by atoms with Crippen molar-refractivity contribution in [3.8, 4) is 22.6 Å². The van der Waals surface area contributed by atoms with Crippen molar-refractivity contribution >= 4 is 0 Å². The molecule has 6 heteroatoms. The highest BCUT2D eigenvalue weighted by atomic mass is 16.3. The highest BCUT2D eigenvalue weighted by Crippen LogP contribution is 2.26. The molecule has 6 nitrogen and oxygen atoms in total. The van der Waals surface area contributed by atoms with Gasteiger partial charge in [-0.25, -0.2) is 4.98 Å². The molecule has 0 unspecified atom stereocenters. The van der Waals surface area contributed by atoms with E-state index in [1.54, 1.807) is 0 Å². The highest BCUT2D eigenvalue weighted by Gasteiger charge is 2.20. The van der Waals surface area contributed by atoms with Gasteiger partial charge in [-0.05, 0) is 38.0 Å². The Hall–Kier alpha value is -2.70. The van der Waals surface area contributed by atoms with Crippen molar-refractivity contribution in [1.29, 1.82) is 0 Å². The average molecular weight is 365 g/mol. The van der Waals surface area contributed by atoms with E-state index in [-0.39, 0.29) is 11.7 Å². The Morgan fingerprint density at radius 2 is 2.15 bits per heavy atom. The van der Waals surface area contributed by atoms with Crippen molar-refractivity contribution in [2.24, 2.45) is 0 Å². The van der Waals surface area contributed by atoms with Crippen molar-refractivity contribution < 1.29 is 9.52 Å². The lowest BCUT2D eigenvalue weighted by atomic mass is 10.1. The Labute approximate surface area is 157 Å². The molecule has 140 valence electrons. The van der Waals surface area contributed by atoms with Gasteiger partial charge in [-0.3, -0.25) is 9.69 Å². The maximum Gasteiger partial charge on any atom is 0.251 e. The third-order valence-corrected chi connectivity index (χ3v) is 4.91. The standard InChI is InChI=1S/C21H23N3O3/c1-13-8-18(14(2)27-13)19-10-20(26)23-21(22-19)16-5-3-4-15(9-16)11-24-7-6-17(25)12-24/h3-5,8-10,17,25H,6-7,11-12H2,1-2H3,(H,22,23,26)/t17-/m0/s1. The van der Waals surface area contributed by atoms with Gasteiger partial charge in [-0.2, -0.15) is 0 Å². The maximum absolute atomic E-state index is 12.2. The maximum atomic E-state index is 12.2. The van der Waals surface area contributed by atoms with Crippen LogP contribution < -0.4 is 5.56 Å². The molecule has 2 N–H and O–H groups in total. The number of hydrogen-bond acceptors (Lipinski definition) is 5. The molecule has 1 saturated heterocycles. The summed E-state index contributed by atoms with van der Waals surface area (Å²) in [6.07, 6.45) is 0.588.